The molecule has 1 aromatic carbocycles. The van der Waals surface area contributed by atoms with Crippen molar-refractivity contribution >= 4 is 0 Å². The highest BCUT2D eigenvalue weighted by Gasteiger charge is 2.07. The van der Waals surface area contributed by atoms with Crippen LogP contribution in [0.3, 0.4) is 0 Å². The van der Waals surface area contributed by atoms with E-state index in [9.17, 15) is 4.39 Å². The molecule has 0 radical (unpaired) electrons. The molecule has 0 fully saturated rings. The molecule has 0 aliphatic heterocycles. The molecular weight excluding hydrogens is 205 g/mol. The van der Waals surface area contributed by atoms with Crippen molar-refractivity contribution in [1.29, 1.82) is 0 Å². The summed E-state index contributed by atoms with van der Waals surface area (Å²) in [5, 5.41) is 0. The van der Waals surface area contributed by atoms with Gasteiger partial charge in [0, 0.05) is 12.1 Å². The molecule has 0 amide bonds. The highest BCUT2D eigenvalue weighted by Crippen LogP contribution is 2.20. The molecule has 2 N–H and O–H groups in total. The average molecular weight is 225 g/mol. The quantitative estimate of drug-likeness (QED) is 0.807. The number of hydrogen-bond donors (Lipinski definition) is 1. The first kappa shape index (κ1) is 13.0. The van der Waals surface area contributed by atoms with Gasteiger partial charge in [-0.1, -0.05) is 26.7 Å². The molecule has 0 bridgehead atoms. The third-order valence-electron chi connectivity index (χ3n) is 2.87. The van der Waals surface area contributed by atoms with Crippen LogP contribution in [0.25, 0.3) is 0 Å². The van der Waals surface area contributed by atoms with Crippen molar-refractivity contribution < 1.29 is 9.13 Å². The predicted octanol–water partition coefficient (Wildman–Crippen LogP) is 3.10. The molecule has 0 heterocycles. The first-order chi connectivity index (χ1) is 7.71. The topological polar surface area (TPSA) is 35.2 Å². The molecule has 90 valence electrons. The summed E-state index contributed by atoms with van der Waals surface area (Å²) in [4.78, 5) is 0. The van der Waals surface area contributed by atoms with Crippen molar-refractivity contribution in [1.82, 2.24) is 0 Å². The first-order valence-corrected chi connectivity index (χ1v) is 5.82. The van der Waals surface area contributed by atoms with E-state index < -0.39 is 0 Å². The van der Waals surface area contributed by atoms with Gasteiger partial charge in [0.25, 0.3) is 0 Å². The number of hydrogen-bond acceptors (Lipinski definition) is 2. The normalized spacial score (nSPS) is 10.8. The Bertz CT molecular complexity index is 324. The lowest BCUT2D eigenvalue weighted by Crippen LogP contribution is -2.12. The predicted molar refractivity (Wildman–Crippen MR) is 63.9 cm³/mol. The van der Waals surface area contributed by atoms with Crippen LogP contribution in [0.1, 0.15) is 32.3 Å². The lowest BCUT2D eigenvalue weighted by Gasteiger charge is -2.15. The number of rotatable bonds is 6. The molecule has 3 heteroatoms. The van der Waals surface area contributed by atoms with Gasteiger partial charge in [-0.15, -0.1) is 0 Å². The standard InChI is InChI=1S/C13H20FNO/c1-3-10(4-2)9-16-13-6-5-12(14)7-11(13)8-15/h5-7,10H,3-4,8-9,15H2,1-2H3. The monoisotopic (exact) mass is 225 g/mol. The third-order valence-corrected chi connectivity index (χ3v) is 2.87. The van der Waals surface area contributed by atoms with Gasteiger partial charge in [-0.3, -0.25) is 0 Å². The summed E-state index contributed by atoms with van der Waals surface area (Å²) in [5.74, 6) is 0.988. The van der Waals surface area contributed by atoms with Crippen LogP contribution in [0.5, 0.6) is 5.75 Å². The van der Waals surface area contributed by atoms with Crippen LogP contribution in [0.15, 0.2) is 18.2 Å². The zero-order chi connectivity index (χ0) is 12.0. The minimum Gasteiger partial charge on any atom is -0.493 e. The van der Waals surface area contributed by atoms with E-state index in [1.54, 1.807) is 6.07 Å². The van der Waals surface area contributed by atoms with E-state index in [-0.39, 0.29) is 5.82 Å². The molecule has 0 aliphatic carbocycles. The molecule has 0 atom stereocenters. The zero-order valence-corrected chi connectivity index (χ0v) is 10.0. The van der Waals surface area contributed by atoms with Gasteiger partial charge in [-0.05, 0) is 24.1 Å². The number of benzene rings is 1. The summed E-state index contributed by atoms with van der Waals surface area (Å²) >= 11 is 0. The van der Waals surface area contributed by atoms with E-state index >= 15 is 0 Å². The van der Waals surface area contributed by atoms with Gasteiger partial charge in [-0.2, -0.15) is 0 Å². The highest BCUT2D eigenvalue weighted by molar-refractivity contribution is 5.33. The fourth-order valence-corrected chi connectivity index (χ4v) is 1.58. The van der Waals surface area contributed by atoms with E-state index in [4.69, 9.17) is 10.5 Å². The summed E-state index contributed by atoms with van der Waals surface area (Å²) in [6.07, 6.45) is 2.19. The molecule has 0 saturated heterocycles. The molecular formula is C13H20FNO. The van der Waals surface area contributed by atoms with Gasteiger partial charge in [0.2, 0.25) is 0 Å². The van der Waals surface area contributed by atoms with Crippen LogP contribution in [0, 0.1) is 11.7 Å². The van der Waals surface area contributed by atoms with Crippen LogP contribution in [-0.4, -0.2) is 6.61 Å². The molecule has 0 spiro atoms. The molecule has 0 aromatic heterocycles. The maximum atomic E-state index is 13.0. The van der Waals surface area contributed by atoms with Crippen molar-refractivity contribution in [3.63, 3.8) is 0 Å². The summed E-state index contributed by atoms with van der Waals surface area (Å²) in [6.45, 7) is 5.26. The molecule has 1 rings (SSSR count). The Morgan fingerprint density at radius 3 is 2.56 bits per heavy atom. The number of nitrogens with two attached hydrogens (primary N) is 1. The first-order valence-electron chi connectivity index (χ1n) is 5.82. The second kappa shape index (κ2) is 6.48. The smallest absolute Gasteiger partial charge is 0.123 e. The van der Waals surface area contributed by atoms with E-state index in [0.29, 0.717) is 24.8 Å². The van der Waals surface area contributed by atoms with Gasteiger partial charge in [0.1, 0.15) is 11.6 Å². The van der Waals surface area contributed by atoms with Crippen molar-refractivity contribution in [3.8, 4) is 5.75 Å². The average Bonchev–Trinajstić information content (AvgIpc) is 2.31. The van der Waals surface area contributed by atoms with Crippen LogP contribution in [0.4, 0.5) is 4.39 Å². The Hall–Kier alpha value is -1.09. The van der Waals surface area contributed by atoms with Gasteiger partial charge < -0.3 is 10.5 Å². The fraction of sp³-hybridized carbons (Fsp3) is 0.538. The fourth-order valence-electron chi connectivity index (χ4n) is 1.58. The maximum absolute atomic E-state index is 13.0. The number of halogens is 1. The van der Waals surface area contributed by atoms with Crippen LogP contribution in [0.2, 0.25) is 0 Å². The van der Waals surface area contributed by atoms with Gasteiger partial charge >= 0.3 is 0 Å². The molecule has 0 unspecified atom stereocenters. The maximum Gasteiger partial charge on any atom is 0.123 e. The van der Waals surface area contributed by atoms with Gasteiger partial charge in [0.05, 0.1) is 6.61 Å². The largest absolute Gasteiger partial charge is 0.493 e. The van der Waals surface area contributed by atoms with Gasteiger partial charge in [0.15, 0.2) is 0 Å². The Kier molecular flexibility index (Phi) is 5.26. The van der Waals surface area contributed by atoms with Crippen LogP contribution < -0.4 is 10.5 Å². The molecule has 2 nitrogen and oxygen atoms in total. The lowest BCUT2D eigenvalue weighted by molar-refractivity contribution is 0.238. The van der Waals surface area contributed by atoms with E-state index in [0.717, 1.165) is 18.4 Å². The summed E-state index contributed by atoms with van der Waals surface area (Å²) < 4.78 is 18.6. The van der Waals surface area contributed by atoms with E-state index in [1.807, 2.05) is 0 Å². The Labute approximate surface area is 96.6 Å². The Balaban J connectivity index is 2.65. The van der Waals surface area contributed by atoms with Gasteiger partial charge in [-0.25, -0.2) is 4.39 Å². The minimum absolute atomic E-state index is 0.268. The van der Waals surface area contributed by atoms with Crippen LogP contribution >= 0.6 is 0 Å². The second-order valence-corrected chi connectivity index (χ2v) is 3.95. The minimum atomic E-state index is -0.268. The zero-order valence-electron chi connectivity index (χ0n) is 10.0. The van der Waals surface area contributed by atoms with Crippen molar-refractivity contribution in [2.75, 3.05) is 6.61 Å². The van der Waals surface area contributed by atoms with Crippen LogP contribution in [-0.2, 0) is 6.54 Å². The van der Waals surface area contributed by atoms with E-state index in [2.05, 4.69) is 13.8 Å². The second-order valence-electron chi connectivity index (χ2n) is 3.95. The molecule has 0 saturated carbocycles. The molecule has 0 aliphatic rings. The molecule has 16 heavy (non-hydrogen) atoms. The van der Waals surface area contributed by atoms with Crippen molar-refractivity contribution in [3.05, 3.63) is 29.6 Å². The SMILES string of the molecule is CCC(CC)COc1ccc(F)cc1CN. The van der Waals surface area contributed by atoms with E-state index in [1.165, 1.54) is 12.1 Å². The summed E-state index contributed by atoms with van der Waals surface area (Å²) in [5.41, 5.74) is 6.27. The molecule has 1 aromatic rings. The Morgan fingerprint density at radius 2 is 2.00 bits per heavy atom. The van der Waals surface area contributed by atoms with Crippen molar-refractivity contribution in [2.45, 2.75) is 33.2 Å². The summed E-state index contributed by atoms with van der Waals surface area (Å²) in [6, 6.07) is 4.49. The Morgan fingerprint density at radius 1 is 1.31 bits per heavy atom. The number of ether oxygens (including phenoxy) is 1. The highest BCUT2D eigenvalue weighted by atomic mass is 19.1. The lowest BCUT2D eigenvalue weighted by atomic mass is 10.1. The summed E-state index contributed by atoms with van der Waals surface area (Å²) in [7, 11) is 0. The third kappa shape index (κ3) is 3.49. The van der Waals surface area contributed by atoms with Crippen molar-refractivity contribution in [2.24, 2.45) is 11.7 Å².